The van der Waals surface area contributed by atoms with E-state index in [0.717, 1.165) is 12.1 Å². The maximum Gasteiger partial charge on any atom is 0.273 e. The molecule has 2 heterocycles. The fourth-order valence-corrected chi connectivity index (χ4v) is 2.78. The minimum absolute atomic E-state index is 0.0556. The van der Waals surface area contributed by atoms with E-state index in [1.807, 2.05) is 19.2 Å². The van der Waals surface area contributed by atoms with Crippen LogP contribution in [-0.4, -0.2) is 27.0 Å². The molecule has 2 rings (SSSR count). The van der Waals surface area contributed by atoms with Crippen molar-refractivity contribution in [3.05, 3.63) is 35.0 Å². The first-order valence-electron chi connectivity index (χ1n) is 6.74. The van der Waals surface area contributed by atoms with E-state index in [0.29, 0.717) is 11.4 Å². The molecule has 1 amide bonds. The number of aryl methyl sites for hydroxylation is 1. The van der Waals surface area contributed by atoms with Crippen molar-refractivity contribution in [2.24, 2.45) is 7.05 Å². The Kier molecular flexibility index (Phi) is 4.00. The summed E-state index contributed by atoms with van der Waals surface area (Å²) >= 11 is 5.92. The van der Waals surface area contributed by atoms with Gasteiger partial charge in [0, 0.05) is 29.8 Å². The Morgan fingerprint density at radius 2 is 2.19 bits per heavy atom. The zero-order valence-corrected chi connectivity index (χ0v) is 13.5. The largest absolute Gasteiger partial charge is 0.369 e. The molecule has 0 radical (unpaired) electrons. The number of rotatable bonds is 4. The number of allylic oxidation sites excluding steroid dienone is 1. The van der Waals surface area contributed by atoms with E-state index in [2.05, 4.69) is 25.5 Å². The lowest BCUT2D eigenvalue weighted by molar-refractivity contribution is -0.115. The highest BCUT2D eigenvalue weighted by Crippen LogP contribution is 2.34. The van der Waals surface area contributed by atoms with Gasteiger partial charge in [0.05, 0.1) is 0 Å². The first-order chi connectivity index (χ1) is 9.70. The number of nitrogens with zero attached hydrogens (tertiary/aromatic N) is 3. The lowest BCUT2D eigenvalue weighted by Gasteiger charge is -2.22. The van der Waals surface area contributed by atoms with Gasteiger partial charge in [-0.2, -0.15) is 5.10 Å². The molecule has 1 aliphatic rings. The average Bonchev–Trinajstić information content (AvgIpc) is 2.86. The van der Waals surface area contributed by atoms with Gasteiger partial charge < -0.3 is 5.11 Å². The van der Waals surface area contributed by atoms with Gasteiger partial charge in [-0.1, -0.05) is 31.5 Å². The molecule has 1 N–H and O–H groups in total. The van der Waals surface area contributed by atoms with Crippen LogP contribution in [0.1, 0.15) is 32.9 Å². The van der Waals surface area contributed by atoms with E-state index in [1.165, 1.54) is 4.90 Å². The third-order valence-corrected chi connectivity index (χ3v) is 4.31. The third kappa shape index (κ3) is 2.51. The molecule has 0 bridgehead atoms. The molecule has 5 nitrogen and oxygen atoms in total. The van der Waals surface area contributed by atoms with Crippen LogP contribution in [0.4, 0.5) is 5.82 Å². The van der Waals surface area contributed by atoms with E-state index in [9.17, 15) is 9.90 Å². The highest BCUT2D eigenvalue weighted by molar-refractivity contribution is 6.45. The van der Waals surface area contributed by atoms with Gasteiger partial charge in [0.2, 0.25) is 0 Å². The van der Waals surface area contributed by atoms with E-state index in [4.69, 9.17) is 11.6 Å². The normalized spacial score (nSPS) is 19.6. The molecule has 0 spiro atoms. The number of aromatic nitrogens is 2. The molecular weight excluding hydrogens is 290 g/mol. The van der Waals surface area contributed by atoms with Crippen LogP contribution in [0.2, 0.25) is 0 Å². The second kappa shape index (κ2) is 5.31. The van der Waals surface area contributed by atoms with Crippen molar-refractivity contribution in [2.75, 3.05) is 4.90 Å². The number of amides is 1. The molecule has 0 aromatic carbocycles. The molecule has 1 aliphatic heterocycles. The number of hydrogen-bond donors (Lipinski definition) is 1. The molecule has 0 aliphatic carbocycles. The molecule has 1 atom stereocenters. The summed E-state index contributed by atoms with van der Waals surface area (Å²) in [5.74, 6) is -0.0232. The molecule has 114 valence electrons. The van der Waals surface area contributed by atoms with Gasteiger partial charge in [0.15, 0.2) is 12.0 Å². The SMILES string of the molecule is C=CCC(C)(C)c1cc(N2C(=O)C(Cl)=C(C)C2O)nn1C. The van der Waals surface area contributed by atoms with Crippen LogP contribution in [0.3, 0.4) is 0 Å². The predicted molar refractivity (Wildman–Crippen MR) is 83.1 cm³/mol. The summed E-state index contributed by atoms with van der Waals surface area (Å²) in [6.45, 7) is 9.56. The molecule has 6 heteroatoms. The summed E-state index contributed by atoms with van der Waals surface area (Å²) in [7, 11) is 1.82. The summed E-state index contributed by atoms with van der Waals surface area (Å²) in [6, 6.07) is 1.81. The van der Waals surface area contributed by atoms with E-state index in [1.54, 1.807) is 11.6 Å². The first-order valence-corrected chi connectivity index (χ1v) is 7.12. The smallest absolute Gasteiger partial charge is 0.273 e. The van der Waals surface area contributed by atoms with Gasteiger partial charge in [-0.05, 0) is 13.3 Å². The van der Waals surface area contributed by atoms with Crippen LogP contribution in [0, 0.1) is 0 Å². The Morgan fingerprint density at radius 3 is 2.67 bits per heavy atom. The summed E-state index contributed by atoms with van der Waals surface area (Å²) in [5, 5.41) is 14.6. The van der Waals surface area contributed by atoms with E-state index >= 15 is 0 Å². The van der Waals surface area contributed by atoms with Crippen molar-refractivity contribution < 1.29 is 9.90 Å². The lowest BCUT2D eigenvalue weighted by Crippen LogP contribution is -2.35. The highest BCUT2D eigenvalue weighted by atomic mass is 35.5. The number of hydrogen-bond acceptors (Lipinski definition) is 3. The number of anilines is 1. The average molecular weight is 310 g/mol. The predicted octanol–water partition coefficient (Wildman–Crippen LogP) is 2.45. The van der Waals surface area contributed by atoms with E-state index < -0.39 is 12.1 Å². The van der Waals surface area contributed by atoms with Gasteiger partial charge in [0.1, 0.15) is 5.03 Å². The molecule has 0 saturated heterocycles. The number of carbonyl (C=O) groups is 1. The molecule has 1 unspecified atom stereocenters. The minimum Gasteiger partial charge on any atom is -0.369 e. The third-order valence-electron chi connectivity index (χ3n) is 3.85. The maximum absolute atomic E-state index is 12.1. The summed E-state index contributed by atoms with van der Waals surface area (Å²) in [4.78, 5) is 13.3. The van der Waals surface area contributed by atoms with Crippen LogP contribution in [0.5, 0.6) is 0 Å². The summed E-state index contributed by atoms with van der Waals surface area (Å²) in [6.07, 6.45) is 1.57. The van der Waals surface area contributed by atoms with Gasteiger partial charge in [-0.25, -0.2) is 0 Å². The number of halogens is 1. The first kappa shape index (κ1) is 15.8. The Labute approximate surface area is 129 Å². The fraction of sp³-hybridized carbons (Fsp3) is 0.467. The van der Waals surface area contributed by atoms with Crippen LogP contribution in [0.25, 0.3) is 0 Å². The van der Waals surface area contributed by atoms with Gasteiger partial charge in [0.25, 0.3) is 5.91 Å². The van der Waals surface area contributed by atoms with Crippen LogP contribution in [0.15, 0.2) is 29.3 Å². The Bertz CT molecular complexity index is 631. The van der Waals surface area contributed by atoms with Crippen molar-refractivity contribution >= 4 is 23.3 Å². The number of carbonyl (C=O) groups excluding carboxylic acids is 1. The summed E-state index contributed by atoms with van der Waals surface area (Å²) < 4.78 is 1.72. The van der Waals surface area contributed by atoms with Crippen molar-refractivity contribution in [3.8, 4) is 0 Å². The monoisotopic (exact) mass is 309 g/mol. The standard InChI is InChI=1S/C15H20ClN3O2/c1-6-7-15(3,4)10-8-11(17-18(10)5)19-13(20)9(2)12(16)14(19)21/h6,8,13,20H,1,7H2,2-5H3. The van der Waals surface area contributed by atoms with Gasteiger partial charge in [-0.15, -0.1) is 6.58 Å². The fourth-order valence-electron chi connectivity index (χ4n) is 2.59. The zero-order chi connectivity index (χ0) is 15.9. The molecule has 0 fully saturated rings. The van der Waals surface area contributed by atoms with E-state index in [-0.39, 0.29) is 10.4 Å². The molecular formula is C15H20ClN3O2. The Hall–Kier alpha value is -1.59. The molecule has 1 aromatic rings. The minimum atomic E-state index is -1.06. The van der Waals surface area contributed by atoms with Crippen molar-refractivity contribution in [1.29, 1.82) is 0 Å². The van der Waals surface area contributed by atoms with Crippen molar-refractivity contribution in [2.45, 2.75) is 38.8 Å². The Balaban J connectivity index is 2.41. The molecule has 21 heavy (non-hydrogen) atoms. The number of aliphatic hydroxyl groups excluding tert-OH is 1. The zero-order valence-electron chi connectivity index (χ0n) is 12.7. The number of aliphatic hydroxyl groups is 1. The highest BCUT2D eigenvalue weighted by Gasteiger charge is 2.38. The van der Waals surface area contributed by atoms with Gasteiger partial charge in [-0.3, -0.25) is 14.4 Å². The quantitative estimate of drug-likeness (QED) is 0.869. The van der Waals surface area contributed by atoms with Crippen molar-refractivity contribution in [1.82, 2.24) is 9.78 Å². The Morgan fingerprint density at radius 1 is 1.57 bits per heavy atom. The molecule has 0 saturated carbocycles. The second-order valence-corrected chi connectivity index (χ2v) is 6.31. The lowest BCUT2D eigenvalue weighted by atomic mass is 9.85. The van der Waals surface area contributed by atoms with Gasteiger partial charge >= 0.3 is 0 Å². The van der Waals surface area contributed by atoms with Crippen LogP contribution >= 0.6 is 11.6 Å². The van der Waals surface area contributed by atoms with Crippen molar-refractivity contribution in [3.63, 3.8) is 0 Å². The summed E-state index contributed by atoms with van der Waals surface area (Å²) in [5.41, 5.74) is 1.24. The second-order valence-electron chi connectivity index (χ2n) is 5.93. The maximum atomic E-state index is 12.1. The topological polar surface area (TPSA) is 58.4 Å². The van der Waals surface area contributed by atoms with Crippen LogP contribution in [-0.2, 0) is 17.3 Å². The molecule has 1 aromatic heterocycles. The van der Waals surface area contributed by atoms with Crippen LogP contribution < -0.4 is 4.90 Å².